The lowest BCUT2D eigenvalue weighted by Gasteiger charge is -2.40. The van der Waals surface area contributed by atoms with Gasteiger partial charge in [-0.25, -0.2) is 13.6 Å². The topological polar surface area (TPSA) is 85.1 Å². The molecule has 0 atom stereocenters. The Balaban J connectivity index is 1.50. The van der Waals surface area contributed by atoms with Gasteiger partial charge in [0, 0.05) is 36.1 Å². The first-order valence-corrected chi connectivity index (χ1v) is 14.1. The van der Waals surface area contributed by atoms with E-state index in [0.717, 1.165) is 69.1 Å². The number of aryl methyl sites for hydroxylation is 1. The van der Waals surface area contributed by atoms with Gasteiger partial charge in [0.05, 0.1) is 18.1 Å². The first-order valence-electron chi connectivity index (χ1n) is 11.4. The highest BCUT2D eigenvalue weighted by atomic mass is 32.2. The van der Waals surface area contributed by atoms with Crippen LogP contribution in [0.4, 0.5) is 0 Å². The molecule has 9 heteroatoms. The predicted molar refractivity (Wildman–Crippen MR) is 132 cm³/mol. The number of nitrogens with zero attached hydrogens (tertiary/aromatic N) is 2. The van der Waals surface area contributed by atoms with Gasteiger partial charge in [-0.3, -0.25) is 9.80 Å². The van der Waals surface area contributed by atoms with Crippen LogP contribution in [0.1, 0.15) is 24.0 Å². The molecule has 0 amide bonds. The number of piperidine rings is 1. The lowest BCUT2D eigenvalue weighted by atomic mass is 10.0. The molecule has 180 valence electrons. The molecule has 2 N–H and O–H groups in total. The van der Waals surface area contributed by atoms with Gasteiger partial charge >= 0.3 is 0 Å². The van der Waals surface area contributed by atoms with Crippen LogP contribution >= 0.6 is 11.8 Å². The number of nitrogens with two attached hydrogens (primary N) is 1. The number of primary sulfonamides is 1. The summed E-state index contributed by atoms with van der Waals surface area (Å²) in [5, 5.41) is 5.41. The van der Waals surface area contributed by atoms with Gasteiger partial charge in [0.25, 0.3) is 0 Å². The van der Waals surface area contributed by atoms with E-state index >= 15 is 0 Å². The van der Waals surface area contributed by atoms with E-state index < -0.39 is 10.0 Å². The minimum atomic E-state index is -3.79. The Labute approximate surface area is 201 Å². The fraction of sp³-hybridized carbons (Fsp3) is 0.500. The average molecular weight is 492 g/mol. The smallest absolute Gasteiger partial charge is 0.238 e. The standard InChI is InChI=1S/C24H33N3O4S2/c1-18-15-21(3-6-24(18)32-2)31-23-5-4-22(33(25,28)29)16-19(23)17-26-9-7-20(8-10-26)27-11-13-30-14-12-27/h3-6,15-16,20H,7-14,17H2,1-2H3,(H2,25,28,29). The summed E-state index contributed by atoms with van der Waals surface area (Å²) >= 11 is 1.70. The van der Waals surface area contributed by atoms with Crippen LogP contribution in [0.2, 0.25) is 0 Å². The van der Waals surface area contributed by atoms with Gasteiger partial charge in [0.1, 0.15) is 11.5 Å². The molecule has 2 saturated heterocycles. The van der Waals surface area contributed by atoms with Crippen molar-refractivity contribution in [3.8, 4) is 11.5 Å². The zero-order valence-electron chi connectivity index (χ0n) is 19.3. The van der Waals surface area contributed by atoms with E-state index in [9.17, 15) is 8.42 Å². The molecule has 4 rings (SSSR count). The van der Waals surface area contributed by atoms with Crippen molar-refractivity contribution in [1.29, 1.82) is 0 Å². The molecule has 7 nitrogen and oxygen atoms in total. The Morgan fingerprint density at radius 3 is 2.45 bits per heavy atom. The van der Waals surface area contributed by atoms with Gasteiger partial charge < -0.3 is 9.47 Å². The molecule has 2 aliphatic rings. The van der Waals surface area contributed by atoms with Crippen LogP contribution in [-0.4, -0.2) is 69.9 Å². The van der Waals surface area contributed by atoms with E-state index in [1.165, 1.54) is 11.0 Å². The highest BCUT2D eigenvalue weighted by Gasteiger charge is 2.26. The number of benzene rings is 2. The molecule has 0 aliphatic carbocycles. The van der Waals surface area contributed by atoms with Crippen LogP contribution in [0.25, 0.3) is 0 Å². The number of sulfonamides is 1. The van der Waals surface area contributed by atoms with E-state index in [4.69, 9.17) is 14.6 Å². The summed E-state index contributed by atoms with van der Waals surface area (Å²) in [6, 6.07) is 11.5. The summed E-state index contributed by atoms with van der Waals surface area (Å²) in [5.41, 5.74) is 1.98. The lowest BCUT2D eigenvalue weighted by molar-refractivity contribution is 0.000185. The van der Waals surface area contributed by atoms with Crippen LogP contribution in [0.3, 0.4) is 0 Å². The Bertz CT molecular complexity index is 1060. The van der Waals surface area contributed by atoms with Crippen LogP contribution in [0.5, 0.6) is 11.5 Å². The molecular formula is C24H33N3O4S2. The number of likely N-dealkylation sites (tertiary alicyclic amines) is 1. The highest BCUT2D eigenvalue weighted by Crippen LogP contribution is 2.32. The Kier molecular flexibility index (Phi) is 7.99. The van der Waals surface area contributed by atoms with Gasteiger partial charge in [-0.15, -0.1) is 11.8 Å². The van der Waals surface area contributed by atoms with Gasteiger partial charge in [0.2, 0.25) is 10.0 Å². The summed E-state index contributed by atoms with van der Waals surface area (Å²) in [4.78, 5) is 6.23. The summed E-state index contributed by atoms with van der Waals surface area (Å²) in [7, 11) is -3.79. The van der Waals surface area contributed by atoms with Crippen molar-refractivity contribution >= 4 is 21.8 Å². The Morgan fingerprint density at radius 2 is 1.82 bits per heavy atom. The first kappa shape index (κ1) is 24.5. The largest absolute Gasteiger partial charge is 0.457 e. The molecule has 2 heterocycles. The number of hydrogen-bond donors (Lipinski definition) is 1. The average Bonchev–Trinajstić information content (AvgIpc) is 2.81. The summed E-state index contributed by atoms with van der Waals surface area (Å²) in [6.07, 6.45) is 4.25. The van der Waals surface area contributed by atoms with Crippen molar-refractivity contribution in [2.75, 3.05) is 45.6 Å². The normalized spacial score (nSPS) is 19.0. The molecule has 0 unspecified atom stereocenters. The molecule has 0 bridgehead atoms. The van der Waals surface area contributed by atoms with E-state index in [1.54, 1.807) is 23.9 Å². The fourth-order valence-electron chi connectivity index (χ4n) is 4.62. The SMILES string of the molecule is CSc1ccc(Oc2ccc(S(N)(=O)=O)cc2CN2CCC(N3CCOCC3)CC2)cc1C. The van der Waals surface area contributed by atoms with Crippen molar-refractivity contribution in [2.24, 2.45) is 5.14 Å². The molecule has 0 spiro atoms. The van der Waals surface area contributed by atoms with Crippen molar-refractivity contribution in [3.05, 3.63) is 47.5 Å². The van der Waals surface area contributed by atoms with Crippen LogP contribution < -0.4 is 9.88 Å². The zero-order valence-corrected chi connectivity index (χ0v) is 21.0. The Morgan fingerprint density at radius 1 is 1.09 bits per heavy atom. The number of morpholine rings is 1. The predicted octanol–water partition coefficient (Wildman–Crippen LogP) is 3.45. The minimum absolute atomic E-state index is 0.113. The first-order chi connectivity index (χ1) is 15.8. The maximum Gasteiger partial charge on any atom is 0.238 e. The molecular weight excluding hydrogens is 458 g/mol. The molecule has 0 saturated carbocycles. The molecule has 2 aromatic rings. The second-order valence-electron chi connectivity index (χ2n) is 8.70. The maximum absolute atomic E-state index is 12.0. The third-order valence-electron chi connectivity index (χ3n) is 6.47. The quantitative estimate of drug-likeness (QED) is 0.594. The zero-order chi connectivity index (χ0) is 23.4. The molecule has 0 aromatic heterocycles. The number of hydrogen-bond acceptors (Lipinski definition) is 7. The summed E-state index contributed by atoms with van der Waals surface area (Å²) < 4.78 is 35.7. The van der Waals surface area contributed by atoms with Crippen molar-refractivity contribution in [3.63, 3.8) is 0 Å². The van der Waals surface area contributed by atoms with Crippen LogP contribution in [-0.2, 0) is 21.3 Å². The van der Waals surface area contributed by atoms with Gasteiger partial charge in [-0.05, 0) is 81.1 Å². The van der Waals surface area contributed by atoms with Crippen molar-refractivity contribution < 1.29 is 17.9 Å². The second kappa shape index (κ2) is 10.8. The highest BCUT2D eigenvalue weighted by molar-refractivity contribution is 7.98. The number of thioether (sulfide) groups is 1. The van der Waals surface area contributed by atoms with Gasteiger partial charge in [-0.2, -0.15) is 0 Å². The van der Waals surface area contributed by atoms with E-state index in [1.807, 2.05) is 18.2 Å². The van der Waals surface area contributed by atoms with Gasteiger partial charge in [-0.1, -0.05) is 0 Å². The van der Waals surface area contributed by atoms with Crippen LogP contribution in [0, 0.1) is 6.92 Å². The van der Waals surface area contributed by atoms with E-state index in [-0.39, 0.29) is 4.90 Å². The van der Waals surface area contributed by atoms with Crippen molar-refractivity contribution in [1.82, 2.24) is 9.80 Å². The van der Waals surface area contributed by atoms with E-state index in [2.05, 4.69) is 23.0 Å². The molecule has 2 fully saturated rings. The molecule has 2 aliphatic heterocycles. The molecule has 0 radical (unpaired) electrons. The van der Waals surface area contributed by atoms with Gasteiger partial charge in [0.15, 0.2) is 0 Å². The second-order valence-corrected chi connectivity index (χ2v) is 11.1. The Hall–Kier alpha value is -1.62. The third kappa shape index (κ3) is 6.29. The number of rotatable bonds is 7. The van der Waals surface area contributed by atoms with E-state index in [0.29, 0.717) is 18.3 Å². The maximum atomic E-state index is 12.0. The molecule has 2 aromatic carbocycles. The van der Waals surface area contributed by atoms with Crippen LogP contribution in [0.15, 0.2) is 46.2 Å². The summed E-state index contributed by atoms with van der Waals surface area (Å²) in [5.74, 6) is 1.40. The van der Waals surface area contributed by atoms with Crippen molar-refractivity contribution in [2.45, 2.75) is 42.1 Å². The molecule has 33 heavy (non-hydrogen) atoms. The monoisotopic (exact) mass is 491 g/mol. The minimum Gasteiger partial charge on any atom is -0.457 e. The fourth-order valence-corrected chi connectivity index (χ4v) is 5.77. The number of ether oxygens (including phenoxy) is 2. The third-order valence-corrected chi connectivity index (χ3v) is 8.28. The summed E-state index contributed by atoms with van der Waals surface area (Å²) in [6.45, 7) is 8.25. The lowest BCUT2D eigenvalue weighted by Crippen LogP contribution is -2.48.